The number of halogens is 1. The summed E-state index contributed by atoms with van der Waals surface area (Å²) in [5, 5.41) is 6.58. The molecule has 2 aromatic rings. The van der Waals surface area contributed by atoms with E-state index in [1.54, 1.807) is 18.2 Å². The van der Waals surface area contributed by atoms with Crippen molar-refractivity contribution < 1.29 is 9.59 Å². The summed E-state index contributed by atoms with van der Waals surface area (Å²) in [6.07, 6.45) is 1.91. The van der Waals surface area contributed by atoms with Crippen LogP contribution in [0.3, 0.4) is 0 Å². The van der Waals surface area contributed by atoms with Gasteiger partial charge in [-0.2, -0.15) is 0 Å². The van der Waals surface area contributed by atoms with E-state index in [4.69, 9.17) is 11.6 Å². The van der Waals surface area contributed by atoms with Crippen LogP contribution in [-0.2, 0) is 4.79 Å². The number of carbonyl (C=O) groups is 2. The third-order valence-corrected chi connectivity index (χ3v) is 4.86. The summed E-state index contributed by atoms with van der Waals surface area (Å²) in [7, 11) is 1.85. The van der Waals surface area contributed by atoms with E-state index in [1.165, 1.54) is 6.20 Å². The maximum Gasteiger partial charge on any atom is 0.257 e. The zero-order valence-corrected chi connectivity index (χ0v) is 15.4. The van der Waals surface area contributed by atoms with Crippen LogP contribution in [0, 0.1) is 0 Å². The highest BCUT2D eigenvalue weighted by molar-refractivity contribution is 6.31. The predicted molar refractivity (Wildman–Crippen MR) is 101 cm³/mol. The lowest BCUT2D eigenvalue weighted by Gasteiger charge is -2.17. The highest BCUT2D eigenvalue weighted by atomic mass is 35.5. The Kier molecular flexibility index (Phi) is 5.29. The lowest BCUT2D eigenvalue weighted by atomic mass is 10.1. The summed E-state index contributed by atoms with van der Waals surface area (Å²) in [4.78, 5) is 42.0. The second-order valence-corrected chi connectivity index (χ2v) is 6.91. The van der Waals surface area contributed by atoms with Gasteiger partial charge in [0.25, 0.3) is 5.91 Å². The minimum atomic E-state index is -0.446. The molecule has 7 nitrogen and oxygen atoms in total. The fraction of sp³-hybridized carbons (Fsp3) is 0.389. The Balaban J connectivity index is 1.76. The molecule has 1 aliphatic rings. The van der Waals surface area contributed by atoms with Crippen LogP contribution in [-0.4, -0.2) is 53.9 Å². The molecule has 3 rings (SSSR count). The minimum Gasteiger partial charge on any atom is -0.360 e. The van der Waals surface area contributed by atoms with Crippen molar-refractivity contribution in [2.75, 3.05) is 20.1 Å². The van der Waals surface area contributed by atoms with Crippen molar-refractivity contribution in [1.29, 1.82) is 0 Å². The smallest absolute Gasteiger partial charge is 0.257 e. The fourth-order valence-corrected chi connectivity index (χ4v) is 3.50. The minimum absolute atomic E-state index is 0.0453. The zero-order valence-electron chi connectivity index (χ0n) is 14.6. The van der Waals surface area contributed by atoms with Crippen LogP contribution in [0.1, 0.15) is 23.7 Å². The summed E-state index contributed by atoms with van der Waals surface area (Å²) in [5.41, 5.74) is 0.277. The number of nitrogens with zero attached hydrogens (tertiary/aromatic N) is 1. The van der Waals surface area contributed by atoms with Crippen LogP contribution in [0.4, 0.5) is 0 Å². The van der Waals surface area contributed by atoms with Gasteiger partial charge in [0.05, 0.1) is 11.6 Å². The number of amides is 2. The largest absolute Gasteiger partial charge is 0.360 e. The van der Waals surface area contributed by atoms with Gasteiger partial charge in [-0.15, -0.1) is 0 Å². The molecule has 2 heterocycles. The van der Waals surface area contributed by atoms with E-state index < -0.39 is 5.91 Å². The lowest BCUT2D eigenvalue weighted by molar-refractivity contribution is -0.124. The summed E-state index contributed by atoms with van der Waals surface area (Å²) in [6, 6.07) is 4.38. The third-order valence-electron chi connectivity index (χ3n) is 4.62. The van der Waals surface area contributed by atoms with Crippen molar-refractivity contribution in [2.45, 2.75) is 25.4 Å². The number of rotatable bonds is 4. The Hall–Kier alpha value is -2.38. The van der Waals surface area contributed by atoms with Gasteiger partial charge in [-0.05, 0) is 38.6 Å². The summed E-state index contributed by atoms with van der Waals surface area (Å²) in [5.74, 6) is -0.495. The van der Waals surface area contributed by atoms with E-state index in [2.05, 4.69) is 15.6 Å². The average Bonchev–Trinajstić information content (AvgIpc) is 2.95. The molecular weight excluding hydrogens is 356 g/mol. The molecule has 2 amide bonds. The van der Waals surface area contributed by atoms with Gasteiger partial charge in [-0.25, -0.2) is 0 Å². The molecule has 0 aliphatic carbocycles. The first-order valence-electron chi connectivity index (χ1n) is 8.50. The van der Waals surface area contributed by atoms with Gasteiger partial charge < -0.3 is 15.6 Å². The first kappa shape index (κ1) is 18.4. The number of carbonyl (C=O) groups excluding carboxylic acids is 2. The van der Waals surface area contributed by atoms with Crippen LogP contribution in [0.5, 0.6) is 0 Å². The van der Waals surface area contributed by atoms with Gasteiger partial charge in [0.1, 0.15) is 5.56 Å². The molecule has 1 saturated heterocycles. The number of benzene rings is 1. The topological polar surface area (TPSA) is 94.3 Å². The van der Waals surface area contributed by atoms with Crippen LogP contribution < -0.4 is 16.1 Å². The molecule has 1 fully saturated rings. The summed E-state index contributed by atoms with van der Waals surface area (Å²) < 4.78 is 0. The predicted octanol–water partition coefficient (Wildman–Crippen LogP) is 1.12. The van der Waals surface area contributed by atoms with Crippen molar-refractivity contribution in [3.8, 4) is 0 Å². The summed E-state index contributed by atoms with van der Waals surface area (Å²) >= 11 is 5.92. The van der Waals surface area contributed by atoms with Crippen LogP contribution in [0.25, 0.3) is 10.9 Å². The second-order valence-electron chi connectivity index (χ2n) is 6.48. The first-order valence-corrected chi connectivity index (χ1v) is 8.88. The van der Waals surface area contributed by atoms with Crippen molar-refractivity contribution in [3.05, 3.63) is 45.2 Å². The number of fused-ring (bicyclic) bond motifs is 1. The highest BCUT2D eigenvalue weighted by Crippen LogP contribution is 2.17. The molecule has 0 bridgehead atoms. The molecule has 0 saturated carbocycles. The number of likely N-dealkylation sites (tertiary alicyclic amines) is 1. The third kappa shape index (κ3) is 3.59. The molecule has 1 aromatic heterocycles. The molecule has 2 atom stereocenters. The normalized spacial score (nSPS) is 20.3. The molecule has 3 N–H and O–H groups in total. The van der Waals surface area contributed by atoms with Crippen molar-refractivity contribution in [2.24, 2.45) is 0 Å². The number of aromatic nitrogens is 1. The van der Waals surface area contributed by atoms with E-state index in [-0.39, 0.29) is 29.0 Å². The van der Waals surface area contributed by atoms with E-state index >= 15 is 0 Å². The molecule has 138 valence electrons. The Morgan fingerprint density at radius 2 is 2.15 bits per heavy atom. The van der Waals surface area contributed by atoms with Crippen LogP contribution in [0.15, 0.2) is 29.2 Å². The Labute approximate surface area is 155 Å². The highest BCUT2D eigenvalue weighted by Gasteiger charge is 2.35. The van der Waals surface area contributed by atoms with E-state index in [0.717, 1.165) is 0 Å². The number of H-pyrrole nitrogens is 1. The van der Waals surface area contributed by atoms with E-state index in [1.807, 2.05) is 18.9 Å². The SMILES string of the molecule is CCNC(=O)[C@@H]1C[C@@H](NC(=O)c2c[nH]c3cc(Cl)ccc3c2=O)CN1C. The van der Waals surface area contributed by atoms with Crippen LogP contribution >= 0.6 is 11.6 Å². The Morgan fingerprint density at radius 3 is 2.88 bits per heavy atom. The van der Waals surface area contributed by atoms with Crippen molar-refractivity contribution >= 4 is 34.3 Å². The summed E-state index contributed by atoms with van der Waals surface area (Å²) in [6.45, 7) is 2.98. The molecule has 1 aliphatic heterocycles. The van der Waals surface area contributed by atoms with Crippen molar-refractivity contribution in [3.63, 3.8) is 0 Å². The van der Waals surface area contributed by atoms with Gasteiger partial charge in [0.15, 0.2) is 0 Å². The molecule has 0 spiro atoms. The standard InChI is InChI=1S/C18H21ClN4O3/c1-3-20-18(26)15-7-11(9-23(15)2)22-17(25)13-8-21-14-6-10(19)4-5-12(14)16(13)24/h4-6,8,11,15H,3,7,9H2,1-2H3,(H,20,26)(H,21,24)(H,22,25)/t11-,15+/m1/s1. The number of nitrogens with one attached hydrogen (secondary N) is 3. The van der Waals surface area contributed by atoms with Crippen LogP contribution in [0.2, 0.25) is 5.02 Å². The number of hydrogen-bond donors (Lipinski definition) is 3. The van der Waals surface area contributed by atoms with Gasteiger partial charge >= 0.3 is 0 Å². The number of hydrogen-bond acceptors (Lipinski definition) is 4. The van der Waals surface area contributed by atoms with Crippen molar-refractivity contribution in [1.82, 2.24) is 20.5 Å². The van der Waals surface area contributed by atoms with Gasteiger partial charge in [0.2, 0.25) is 11.3 Å². The van der Waals surface area contributed by atoms with Gasteiger partial charge in [0, 0.05) is 35.7 Å². The quantitative estimate of drug-likeness (QED) is 0.745. The zero-order chi connectivity index (χ0) is 18.8. The maximum absolute atomic E-state index is 12.6. The van der Waals surface area contributed by atoms with E-state index in [0.29, 0.717) is 35.4 Å². The number of likely N-dealkylation sites (N-methyl/N-ethyl adjacent to an activating group) is 2. The average molecular weight is 377 g/mol. The fourth-order valence-electron chi connectivity index (χ4n) is 3.33. The monoisotopic (exact) mass is 376 g/mol. The molecule has 0 unspecified atom stereocenters. The molecular formula is C18H21ClN4O3. The molecule has 26 heavy (non-hydrogen) atoms. The van der Waals surface area contributed by atoms with Gasteiger partial charge in [-0.3, -0.25) is 19.3 Å². The molecule has 8 heteroatoms. The van der Waals surface area contributed by atoms with Gasteiger partial charge in [-0.1, -0.05) is 11.6 Å². The number of aromatic amines is 1. The molecule has 1 aromatic carbocycles. The second kappa shape index (κ2) is 7.47. The number of pyridine rings is 1. The molecule has 0 radical (unpaired) electrons. The first-order chi connectivity index (χ1) is 12.4. The maximum atomic E-state index is 12.6. The Morgan fingerprint density at radius 1 is 1.38 bits per heavy atom. The Bertz CT molecular complexity index is 911. The van der Waals surface area contributed by atoms with E-state index in [9.17, 15) is 14.4 Å². The lowest BCUT2D eigenvalue weighted by Crippen LogP contribution is -2.41.